The largest absolute Gasteiger partial charge is 0.489 e. The lowest BCUT2D eigenvalue weighted by atomic mass is 10.2. The molecule has 32 heavy (non-hydrogen) atoms. The van der Waals surface area contributed by atoms with Gasteiger partial charge in [-0.15, -0.1) is 0 Å². The van der Waals surface area contributed by atoms with Crippen molar-refractivity contribution in [1.29, 1.82) is 0 Å². The third-order valence-corrected chi connectivity index (χ3v) is 6.11. The van der Waals surface area contributed by atoms with E-state index in [-0.39, 0.29) is 5.82 Å². The number of nitrogens with one attached hydrogen (secondary N) is 2. The van der Waals surface area contributed by atoms with Crippen LogP contribution in [0, 0.1) is 5.82 Å². The zero-order chi connectivity index (χ0) is 23.1. The van der Waals surface area contributed by atoms with E-state index in [0.29, 0.717) is 35.4 Å². The van der Waals surface area contributed by atoms with Crippen molar-refractivity contribution in [2.24, 2.45) is 0 Å². The quantitative estimate of drug-likeness (QED) is 0.476. The van der Waals surface area contributed by atoms with E-state index >= 15 is 0 Å². The van der Waals surface area contributed by atoms with Gasteiger partial charge in [0.15, 0.2) is 5.11 Å². The molecule has 0 saturated carbocycles. The van der Waals surface area contributed by atoms with Crippen LogP contribution in [0.5, 0.6) is 5.75 Å². The Morgan fingerprint density at radius 2 is 1.69 bits per heavy atom. The number of sulfonamides is 1. The summed E-state index contributed by atoms with van der Waals surface area (Å²) >= 11 is 5.34. The lowest BCUT2D eigenvalue weighted by Gasteiger charge is -2.18. The number of nitrogens with zero attached hydrogens (tertiary/aromatic N) is 1. The molecule has 0 aromatic heterocycles. The molecule has 3 aromatic carbocycles. The maximum Gasteiger partial charge on any atom is 0.231 e. The van der Waals surface area contributed by atoms with E-state index in [1.165, 1.54) is 23.5 Å². The predicted octanol–water partition coefficient (Wildman–Crippen LogP) is 4.29. The summed E-state index contributed by atoms with van der Waals surface area (Å²) in [6, 6.07) is 20.8. The molecular weight excluding hydrogens is 449 g/mol. The van der Waals surface area contributed by atoms with Crippen LogP contribution in [0.4, 0.5) is 15.8 Å². The SMILES string of the molecule is CN(c1cccc(NC(=S)NCc2ccc(OCc3ccc(F)cc3)cc2)c1)S(C)(=O)=O. The van der Waals surface area contributed by atoms with Crippen molar-refractivity contribution in [1.82, 2.24) is 5.32 Å². The van der Waals surface area contributed by atoms with Gasteiger partial charge < -0.3 is 15.4 Å². The average molecular weight is 474 g/mol. The van der Waals surface area contributed by atoms with Gasteiger partial charge in [-0.25, -0.2) is 12.8 Å². The second kappa shape index (κ2) is 10.4. The summed E-state index contributed by atoms with van der Waals surface area (Å²) in [7, 11) is -1.84. The van der Waals surface area contributed by atoms with Crippen LogP contribution in [0.15, 0.2) is 72.8 Å². The van der Waals surface area contributed by atoms with Gasteiger partial charge >= 0.3 is 0 Å². The number of benzene rings is 3. The molecule has 0 fully saturated rings. The number of anilines is 2. The predicted molar refractivity (Wildman–Crippen MR) is 130 cm³/mol. The molecule has 3 rings (SSSR count). The van der Waals surface area contributed by atoms with E-state index in [0.717, 1.165) is 17.4 Å². The molecule has 0 amide bonds. The fraction of sp³-hybridized carbons (Fsp3) is 0.174. The van der Waals surface area contributed by atoms with Crippen LogP contribution in [0.1, 0.15) is 11.1 Å². The molecule has 9 heteroatoms. The minimum absolute atomic E-state index is 0.271. The molecule has 0 atom stereocenters. The van der Waals surface area contributed by atoms with Gasteiger partial charge in [0.1, 0.15) is 18.2 Å². The third-order valence-electron chi connectivity index (χ3n) is 4.66. The second-order valence-corrected chi connectivity index (χ2v) is 9.57. The molecule has 3 aromatic rings. The average Bonchev–Trinajstić information content (AvgIpc) is 2.77. The van der Waals surface area contributed by atoms with Gasteiger partial charge in [-0.3, -0.25) is 4.31 Å². The summed E-state index contributed by atoms with van der Waals surface area (Å²) in [5.74, 6) is 0.442. The molecule has 0 aliphatic carbocycles. The highest BCUT2D eigenvalue weighted by Gasteiger charge is 2.12. The van der Waals surface area contributed by atoms with Gasteiger partial charge in [-0.2, -0.15) is 0 Å². The number of thiocarbonyl (C=S) groups is 1. The Kier molecular flexibility index (Phi) is 7.66. The lowest BCUT2D eigenvalue weighted by molar-refractivity contribution is 0.306. The van der Waals surface area contributed by atoms with E-state index in [1.54, 1.807) is 36.4 Å². The van der Waals surface area contributed by atoms with Crippen molar-refractivity contribution in [3.05, 3.63) is 89.7 Å². The van der Waals surface area contributed by atoms with Crippen LogP contribution in [-0.4, -0.2) is 26.8 Å². The third kappa shape index (κ3) is 6.93. The standard InChI is InChI=1S/C23H24FN3O3S2/c1-27(32(2,28)29)21-5-3-4-20(14-21)26-23(31)25-15-17-8-12-22(13-9-17)30-16-18-6-10-19(24)11-7-18/h3-14H,15-16H2,1-2H3,(H2,25,26,31). The Hall–Kier alpha value is -3.17. The normalized spacial score (nSPS) is 11.0. The first-order valence-corrected chi connectivity index (χ1v) is 12.0. The minimum atomic E-state index is -3.34. The summed E-state index contributed by atoms with van der Waals surface area (Å²) in [6.45, 7) is 0.868. The fourth-order valence-electron chi connectivity index (χ4n) is 2.78. The summed E-state index contributed by atoms with van der Waals surface area (Å²) in [5.41, 5.74) is 3.12. The van der Waals surface area contributed by atoms with Crippen LogP contribution in [-0.2, 0) is 23.2 Å². The van der Waals surface area contributed by atoms with Gasteiger partial charge in [-0.05, 0) is 65.8 Å². The van der Waals surface area contributed by atoms with Crippen LogP contribution >= 0.6 is 12.2 Å². The highest BCUT2D eigenvalue weighted by atomic mass is 32.2. The van der Waals surface area contributed by atoms with Crippen molar-refractivity contribution in [2.75, 3.05) is 22.9 Å². The molecule has 0 heterocycles. The van der Waals surface area contributed by atoms with Crippen molar-refractivity contribution in [2.45, 2.75) is 13.2 Å². The smallest absolute Gasteiger partial charge is 0.231 e. The maximum atomic E-state index is 13.0. The Morgan fingerprint density at radius 1 is 1.03 bits per heavy atom. The molecule has 0 spiro atoms. The minimum Gasteiger partial charge on any atom is -0.489 e. The lowest BCUT2D eigenvalue weighted by Crippen LogP contribution is -2.28. The van der Waals surface area contributed by atoms with Crippen LogP contribution in [0.25, 0.3) is 0 Å². The molecule has 0 aliphatic heterocycles. The molecule has 0 bridgehead atoms. The van der Waals surface area contributed by atoms with Crippen LogP contribution in [0.3, 0.4) is 0 Å². The number of ether oxygens (including phenoxy) is 1. The number of hydrogen-bond donors (Lipinski definition) is 2. The van der Waals surface area contributed by atoms with Gasteiger partial charge in [0.2, 0.25) is 10.0 Å². The molecule has 0 unspecified atom stereocenters. The van der Waals surface area contributed by atoms with Crippen LogP contribution in [0.2, 0.25) is 0 Å². The van der Waals surface area contributed by atoms with E-state index in [4.69, 9.17) is 17.0 Å². The number of rotatable bonds is 8. The maximum absolute atomic E-state index is 13.0. The zero-order valence-electron chi connectivity index (χ0n) is 17.7. The summed E-state index contributed by atoms with van der Waals surface area (Å²) < 4.78 is 43.3. The van der Waals surface area contributed by atoms with Gasteiger partial charge in [0, 0.05) is 19.3 Å². The number of halogens is 1. The highest BCUT2D eigenvalue weighted by Crippen LogP contribution is 2.20. The van der Waals surface area contributed by atoms with E-state index in [2.05, 4.69) is 10.6 Å². The first kappa shape index (κ1) is 23.5. The van der Waals surface area contributed by atoms with E-state index in [1.807, 2.05) is 24.3 Å². The van der Waals surface area contributed by atoms with E-state index < -0.39 is 10.0 Å². The summed E-state index contributed by atoms with van der Waals surface area (Å²) in [5, 5.41) is 6.60. The van der Waals surface area contributed by atoms with Crippen molar-refractivity contribution in [3.8, 4) is 5.75 Å². The second-order valence-electron chi connectivity index (χ2n) is 7.15. The highest BCUT2D eigenvalue weighted by molar-refractivity contribution is 7.92. The van der Waals surface area contributed by atoms with Gasteiger partial charge in [0.05, 0.1) is 11.9 Å². The summed E-state index contributed by atoms with van der Waals surface area (Å²) in [4.78, 5) is 0. The molecular formula is C23H24FN3O3S2. The molecule has 168 valence electrons. The molecule has 6 nitrogen and oxygen atoms in total. The fourth-order valence-corrected chi connectivity index (χ4v) is 3.47. The Bertz CT molecular complexity index is 1170. The Morgan fingerprint density at radius 3 is 2.34 bits per heavy atom. The zero-order valence-corrected chi connectivity index (χ0v) is 19.3. The number of hydrogen-bond acceptors (Lipinski definition) is 4. The first-order valence-electron chi connectivity index (χ1n) is 9.76. The molecule has 0 saturated heterocycles. The molecule has 2 N–H and O–H groups in total. The van der Waals surface area contributed by atoms with Crippen molar-refractivity contribution < 1.29 is 17.5 Å². The summed E-state index contributed by atoms with van der Waals surface area (Å²) in [6.07, 6.45) is 1.15. The van der Waals surface area contributed by atoms with Crippen molar-refractivity contribution in [3.63, 3.8) is 0 Å². The Labute approximate surface area is 193 Å². The van der Waals surface area contributed by atoms with Crippen LogP contribution < -0.4 is 19.7 Å². The van der Waals surface area contributed by atoms with Gasteiger partial charge in [0.25, 0.3) is 0 Å². The van der Waals surface area contributed by atoms with Crippen molar-refractivity contribution >= 4 is 38.7 Å². The molecule has 0 radical (unpaired) electrons. The van der Waals surface area contributed by atoms with Gasteiger partial charge in [-0.1, -0.05) is 30.3 Å². The first-order chi connectivity index (χ1) is 15.2. The van der Waals surface area contributed by atoms with E-state index in [9.17, 15) is 12.8 Å². The monoisotopic (exact) mass is 473 g/mol. The molecule has 0 aliphatic rings. The Balaban J connectivity index is 1.49. The topological polar surface area (TPSA) is 70.7 Å².